The van der Waals surface area contributed by atoms with Gasteiger partial charge in [0.25, 0.3) is 0 Å². The third kappa shape index (κ3) is 3.54. The van der Waals surface area contributed by atoms with Gasteiger partial charge >= 0.3 is 5.97 Å². The number of amides is 1. The lowest BCUT2D eigenvalue weighted by Gasteiger charge is -2.06. The van der Waals surface area contributed by atoms with Crippen LogP contribution in [-0.2, 0) is 16.1 Å². The topological polar surface area (TPSA) is 106 Å². The average Bonchev–Trinajstić information content (AvgIpc) is 2.88. The fourth-order valence-electron chi connectivity index (χ4n) is 1.95. The number of nitrogens with one attached hydrogen (secondary N) is 1. The number of carbonyl (C=O) groups is 2. The number of carbonyl (C=O) groups excluding carboxylic acids is 1. The van der Waals surface area contributed by atoms with Crippen molar-refractivity contribution in [2.45, 2.75) is 13.0 Å². The Bertz CT molecular complexity index is 653. The second-order valence-corrected chi connectivity index (χ2v) is 4.38. The van der Waals surface area contributed by atoms with Crippen molar-refractivity contribution < 1.29 is 19.4 Å². The predicted molar refractivity (Wildman–Crippen MR) is 74.0 cm³/mol. The summed E-state index contributed by atoms with van der Waals surface area (Å²) >= 11 is 0. The van der Waals surface area contributed by atoms with Gasteiger partial charge in [0.05, 0.1) is 18.7 Å². The molecule has 2 N–H and O–H groups in total. The van der Waals surface area contributed by atoms with E-state index in [0.717, 1.165) is 0 Å². The van der Waals surface area contributed by atoms with Gasteiger partial charge in [0.15, 0.2) is 0 Å². The smallest absolute Gasteiger partial charge is 0.337 e. The Morgan fingerprint density at radius 1 is 1.43 bits per heavy atom. The summed E-state index contributed by atoms with van der Waals surface area (Å²) in [5.41, 5.74) is 1.04. The van der Waals surface area contributed by atoms with Gasteiger partial charge in [-0.2, -0.15) is 0 Å². The lowest BCUT2D eigenvalue weighted by molar-refractivity contribution is -0.121. The van der Waals surface area contributed by atoms with Crippen LogP contribution in [-0.4, -0.2) is 52.2 Å². The number of aryl methyl sites for hydroxylation is 1. The van der Waals surface area contributed by atoms with Gasteiger partial charge in [-0.25, -0.2) is 9.48 Å². The van der Waals surface area contributed by atoms with E-state index in [1.807, 2.05) is 0 Å². The maximum Gasteiger partial charge on any atom is 0.337 e. The van der Waals surface area contributed by atoms with Crippen molar-refractivity contribution in [1.82, 2.24) is 20.3 Å². The van der Waals surface area contributed by atoms with E-state index in [1.165, 1.54) is 10.7 Å². The Labute approximate surface area is 120 Å². The molecule has 0 aliphatic rings. The number of aromatic nitrogens is 3. The van der Waals surface area contributed by atoms with E-state index in [-0.39, 0.29) is 24.4 Å². The molecule has 0 aliphatic heterocycles. The van der Waals surface area contributed by atoms with Gasteiger partial charge in [0.1, 0.15) is 11.0 Å². The fourth-order valence-corrected chi connectivity index (χ4v) is 1.95. The molecule has 0 fully saturated rings. The zero-order chi connectivity index (χ0) is 15.2. The first-order valence-electron chi connectivity index (χ1n) is 6.44. The molecule has 2 rings (SSSR count). The van der Waals surface area contributed by atoms with Gasteiger partial charge in [0.2, 0.25) is 5.91 Å². The summed E-state index contributed by atoms with van der Waals surface area (Å²) in [4.78, 5) is 22.8. The Kier molecular flexibility index (Phi) is 4.83. The molecule has 0 saturated carbocycles. The van der Waals surface area contributed by atoms with Crippen molar-refractivity contribution in [3.05, 3.63) is 23.8 Å². The Morgan fingerprint density at radius 3 is 2.95 bits per heavy atom. The van der Waals surface area contributed by atoms with E-state index in [1.54, 1.807) is 19.2 Å². The van der Waals surface area contributed by atoms with Gasteiger partial charge in [-0.15, -0.1) is 5.10 Å². The molecule has 0 bridgehead atoms. The van der Waals surface area contributed by atoms with Crippen molar-refractivity contribution in [2.24, 2.45) is 0 Å². The SMILES string of the molecule is COCCNC(=O)CCn1nnc2cccc(C(=O)O)c21. The first kappa shape index (κ1) is 14.9. The standard InChI is InChI=1S/C13H16N4O4/c1-21-8-6-14-11(18)5-7-17-12-9(13(19)20)3-2-4-10(12)15-16-17/h2-4H,5-8H2,1H3,(H,14,18)(H,19,20). The van der Waals surface area contributed by atoms with Crippen LogP contribution in [0.3, 0.4) is 0 Å². The number of ether oxygens (including phenoxy) is 1. The Morgan fingerprint density at radius 2 is 2.24 bits per heavy atom. The molecule has 1 amide bonds. The third-order valence-corrected chi connectivity index (χ3v) is 2.94. The molecule has 0 spiro atoms. The molecule has 0 atom stereocenters. The second-order valence-electron chi connectivity index (χ2n) is 4.38. The van der Waals surface area contributed by atoms with Crippen LogP contribution in [0.25, 0.3) is 11.0 Å². The second kappa shape index (κ2) is 6.80. The van der Waals surface area contributed by atoms with Gasteiger partial charge in [-0.05, 0) is 12.1 Å². The zero-order valence-electron chi connectivity index (χ0n) is 11.6. The highest BCUT2D eigenvalue weighted by Gasteiger charge is 2.15. The molecule has 112 valence electrons. The summed E-state index contributed by atoms with van der Waals surface area (Å²) in [5.74, 6) is -1.20. The number of carboxylic acid groups (broad SMARTS) is 1. The number of rotatable bonds is 7. The van der Waals surface area contributed by atoms with Gasteiger partial charge in [-0.1, -0.05) is 11.3 Å². The number of methoxy groups -OCH3 is 1. The lowest BCUT2D eigenvalue weighted by Crippen LogP contribution is -2.27. The number of para-hydroxylation sites is 1. The van der Waals surface area contributed by atoms with E-state index in [2.05, 4.69) is 15.6 Å². The summed E-state index contributed by atoms with van der Waals surface area (Å²) in [6, 6.07) is 4.79. The molecule has 0 aliphatic carbocycles. The van der Waals surface area contributed by atoms with Crippen LogP contribution in [0.1, 0.15) is 16.8 Å². The highest BCUT2D eigenvalue weighted by atomic mass is 16.5. The molecule has 21 heavy (non-hydrogen) atoms. The molecule has 1 heterocycles. The minimum absolute atomic E-state index is 0.122. The highest BCUT2D eigenvalue weighted by Crippen LogP contribution is 2.16. The normalized spacial score (nSPS) is 10.7. The summed E-state index contributed by atoms with van der Waals surface area (Å²) in [6.07, 6.45) is 0.191. The number of aromatic carboxylic acids is 1. The number of carboxylic acids is 1. The number of hydrogen-bond donors (Lipinski definition) is 2. The highest BCUT2D eigenvalue weighted by molar-refractivity contribution is 6.00. The van der Waals surface area contributed by atoms with Gasteiger partial charge in [0, 0.05) is 20.1 Å². The summed E-state index contributed by atoms with van der Waals surface area (Å²) in [5, 5.41) is 19.7. The summed E-state index contributed by atoms with van der Waals surface area (Å²) in [6.45, 7) is 1.15. The predicted octanol–water partition coefficient (Wildman–Crippen LogP) is 0.282. The number of benzene rings is 1. The van der Waals surface area contributed by atoms with E-state index in [4.69, 9.17) is 4.74 Å². The van der Waals surface area contributed by atoms with Crippen LogP contribution in [0, 0.1) is 0 Å². The first-order valence-corrected chi connectivity index (χ1v) is 6.44. The zero-order valence-corrected chi connectivity index (χ0v) is 11.6. The van der Waals surface area contributed by atoms with E-state index >= 15 is 0 Å². The maximum atomic E-state index is 11.6. The third-order valence-electron chi connectivity index (χ3n) is 2.94. The molecule has 1 aromatic carbocycles. The van der Waals surface area contributed by atoms with Crippen molar-refractivity contribution >= 4 is 22.9 Å². The molecule has 8 nitrogen and oxygen atoms in total. The van der Waals surface area contributed by atoms with Crippen molar-refractivity contribution in [3.63, 3.8) is 0 Å². The van der Waals surface area contributed by atoms with Crippen LogP contribution in [0.4, 0.5) is 0 Å². The van der Waals surface area contributed by atoms with Gasteiger partial charge < -0.3 is 15.2 Å². The number of nitrogens with zero attached hydrogens (tertiary/aromatic N) is 3. The maximum absolute atomic E-state index is 11.6. The largest absolute Gasteiger partial charge is 0.478 e. The fraction of sp³-hybridized carbons (Fsp3) is 0.385. The van der Waals surface area contributed by atoms with E-state index in [9.17, 15) is 14.7 Å². The van der Waals surface area contributed by atoms with Crippen LogP contribution in [0.5, 0.6) is 0 Å². The quantitative estimate of drug-likeness (QED) is 0.710. The molecular weight excluding hydrogens is 276 g/mol. The van der Waals surface area contributed by atoms with Crippen LogP contribution in [0.2, 0.25) is 0 Å². The van der Waals surface area contributed by atoms with E-state index < -0.39 is 5.97 Å². The minimum Gasteiger partial charge on any atom is -0.478 e. The lowest BCUT2D eigenvalue weighted by atomic mass is 10.2. The monoisotopic (exact) mass is 292 g/mol. The van der Waals surface area contributed by atoms with Crippen molar-refractivity contribution in [1.29, 1.82) is 0 Å². The van der Waals surface area contributed by atoms with Crippen LogP contribution < -0.4 is 5.32 Å². The average molecular weight is 292 g/mol. The minimum atomic E-state index is -1.05. The Balaban J connectivity index is 2.09. The molecule has 0 unspecified atom stereocenters. The molecular formula is C13H16N4O4. The van der Waals surface area contributed by atoms with Crippen LogP contribution >= 0.6 is 0 Å². The summed E-state index contributed by atoms with van der Waals surface area (Å²) in [7, 11) is 1.56. The number of hydrogen-bond acceptors (Lipinski definition) is 5. The molecule has 0 radical (unpaired) electrons. The first-order chi connectivity index (χ1) is 10.1. The molecule has 8 heteroatoms. The van der Waals surface area contributed by atoms with E-state index in [0.29, 0.717) is 24.2 Å². The molecule has 2 aromatic rings. The molecule has 1 aromatic heterocycles. The van der Waals surface area contributed by atoms with Crippen LogP contribution in [0.15, 0.2) is 18.2 Å². The summed E-state index contributed by atoms with van der Waals surface area (Å²) < 4.78 is 6.27. The van der Waals surface area contributed by atoms with Crippen molar-refractivity contribution in [2.75, 3.05) is 20.3 Å². The van der Waals surface area contributed by atoms with Gasteiger partial charge in [-0.3, -0.25) is 4.79 Å². The molecule has 0 saturated heterocycles. The van der Waals surface area contributed by atoms with Crippen molar-refractivity contribution in [3.8, 4) is 0 Å². The number of fused-ring (bicyclic) bond motifs is 1. The Hall–Kier alpha value is -2.48.